The molecule has 0 aliphatic rings. The Morgan fingerprint density at radius 3 is 2.61 bits per heavy atom. The Bertz CT molecular complexity index is 547. The Hall–Kier alpha value is -2.52. The number of carbonyl (C=O) groups is 1. The van der Waals surface area contributed by atoms with E-state index in [4.69, 9.17) is 14.7 Å². The van der Waals surface area contributed by atoms with E-state index in [1.807, 2.05) is 19.9 Å². The van der Waals surface area contributed by atoms with Crippen LogP contribution in [0.4, 0.5) is 5.69 Å². The molecule has 0 bridgehead atoms. The van der Waals surface area contributed by atoms with Crippen molar-refractivity contribution in [2.24, 2.45) is 0 Å². The summed E-state index contributed by atoms with van der Waals surface area (Å²) in [5.74, 6) is 0.284. The SMILES string of the molecule is CCOCCCN/C=C(/C#N)C(=O)Nc1ccc(OCC)cc1. The number of nitrogens with zero attached hydrogens (tertiary/aromatic N) is 1. The standard InChI is InChI=1S/C17H23N3O3/c1-3-22-11-5-10-19-13-14(12-18)17(21)20-15-6-8-16(9-7-15)23-4-2/h6-9,13,19H,3-5,10-11H2,1-2H3,(H,20,21)/b14-13-. The predicted molar refractivity (Wildman–Crippen MR) is 89.0 cm³/mol. The van der Waals surface area contributed by atoms with Crippen LogP contribution in [-0.2, 0) is 9.53 Å². The van der Waals surface area contributed by atoms with Gasteiger partial charge in [0, 0.05) is 31.6 Å². The molecule has 0 aliphatic carbocycles. The summed E-state index contributed by atoms with van der Waals surface area (Å²) in [5.41, 5.74) is 0.631. The highest BCUT2D eigenvalue weighted by Crippen LogP contribution is 2.16. The average molecular weight is 317 g/mol. The second-order valence-corrected chi connectivity index (χ2v) is 4.59. The first-order valence-corrected chi connectivity index (χ1v) is 7.66. The van der Waals surface area contributed by atoms with Gasteiger partial charge in [-0.1, -0.05) is 0 Å². The lowest BCUT2D eigenvalue weighted by Gasteiger charge is -2.07. The van der Waals surface area contributed by atoms with Gasteiger partial charge in [0.05, 0.1) is 6.61 Å². The minimum absolute atomic E-state index is 0.0234. The number of carbonyl (C=O) groups excluding carboxylic acids is 1. The number of ether oxygens (including phenoxy) is 2. The van der Waals surface area contributed by atoms with Gasteiger partial charge in [-0.15, -0.1) is 0 Å². The third-order valence-electron chi connectivity index (χ3n) is 2.85. The molecule has 1 rings (SSSR count). The van der Waals surface area contributed by atoms with Crippen LogP contribution in [0.15, 0.2) is 36.0 Å². The van der Waals surface area contributed by atoms with Gasteiger partial charge in [-0.05, 0) is 44.5 Å². The zero-order chi connectivity index (χ0) is 16.9. The van der Waals surface area contributed by atoms with Crippen LogP contribution in [0.3, 0.4) is 0 Å². The molecule has 0 saturated carbocycles. The minimum Gasteiger partial charge on any atom is -0.494 e. The van der Waals surface area contributed by atoms with E-state index < -0.39 is 5.91 Å². The summed E-state index contributed by atoms with van der Waals surface area (Å²) in [6, 6.07) is 8.88. The zero-order valence-electron chi connectivity index (χ0n) is 13.6. The van der Waals surface area contributed by atoms with Crippen molar-refractivity contribution in [2.45, 2.75) is 20.3 Å². The Labute approximate surface area is 137 Å². The minimum atomic E-state index is -0.450. The summed E-state index contributed by atoms with van der Waals surface area (Å²) >= 11 is 0. The fraction of sp³-hybridized carbons (Fsp3) is 0.412. The van der Waals surface area contributed by atoms with Crippen LogP contribution < -0.4 is 15.4 Å². The molecular weight excluding hydrogens is 294 g/mol. The van der Waals surface area contributed by atoms with E-state index in [9.17, 15) is 4.79 Å². The molecule has 0 atom stereocenters. The molecule has 0 radical (unpaired) electrons. The first-order chi connectivity index (χ1) is 11.2. The number of nitriles is 1. The molecule has 1 aromatic rings. The second-order valence-electron chi connectivity index (χ2n) is 4.59. The van der Waals surface area contributed by atoms with Crippen molar-refractivity contribution in [3.63, 3.8) is 0 Å². The lowest BCUT2D eigenvalue weighted by Crippen LogP contribution is -2.17. The van der Waals surface area contributed by atoms with Gasteiger partial charge < -0.3 is 20.1 Å². The number of rotatable bonds is 10. The van der Waals surface area contributed by atoms with Crippen LogP contribution in [0.2, 0.25) is 0 Å². The number of nitrogens with one attached hydrogen (secondary N) is 2. The third kappa shape index (κ3) is 7.34. The lowest BCUT2D eigenvalue weighted by atomic mass is 10.2. The molecule has 0 aromatic heterocycles. The fourth-order valence-corrected chi connectivity index (χ4v) is 1.74. The maximum atomic E-state index is 12.0. The van der Waals surface area contributed by atoms with Gasteiger partial charge in [-0.25, -0.2) is 0 Å². The Balaban J connectivity index is 2.48. The molecular formula is C17H23N3O3. The Morgan fingerprint density at radius 1 is 1.26 bits per heavy atom. The topological polar surface area (TPSA) is 83.4 Å². The van der Waals surface area contributed by atoms with Crippen molar-refractivity contribution in [2.75, 3.05) is 31.7 Å². The summed E-state index contributed by atoms with van der Waals surface area (Å²) < 4.78 is 10.5. The first kappa shape index (κ1) is 18.5. The molecule has 6 heteroatoms. The highest BCUT2D eigenvalue weighted by Gasteiger charge is 2.09. The first-order valence-electron chi connectivity index (χ1n) is 7.66. The van der Waals surface area contributed by atoms with Crippen LogP contribution >= 0.6 is 0 Å². The van der Waals surface area contributed by atoms with E-state index in [0.29, 0.717) is 32.1 Å². The summed E-state index contributed by atoms with van der Waals surface area (Å²) in [6.45, 7) is 6.40. The maximum Gasteiger partial charge on any atom is 0.267 e. The van der Waals surface area contributed by atoms with Crippen molar-refractivity contribution in [3.05, 3.63) is 36.0 Å². The quantitative estimate of drug-likeness (QED) is 0.393. The van der Waals surface area contributed by atoms with Crippen LogP contribution in [0.5, 0.6) is 5.75 Å². The third-order valence-corrected chi connectivity index (χ3v) is 2.85. The number of amides is 1. The van der Waals surface area contributed by atoms with Crippen LogP contribution in [0, 0.1) is 11.3 Å². The average Bonchev–Trinajstić information content (AvgIpc) is 2.56. The van der Waals surface area contributed by atoms with E-state index >= 15 is 0 Å². The predicted octanol–water partition coefficient (Wildman–Crippen LogP) is 2.45. The summed E-state index contributed by atoms with van der Waals surface area (Å²) in [6.07, 6.45) is 2.24. The molecule has 2 N–H and O–H groups in total. The molecule has 23 heavy (non-hydrogen) atoms. The number of hydrogen-bond donors (Lipinski definition) is 2. The van der Waals surface area contributed by atoms with Gasteiger partial charge in [0.1, 0.15) is 17.4 Å². The highest BCUT2D eigenvalue weighted by atomic mass is 16.5. The largest absolute Gasteiger partial charge is 0.494 e. The number of benzene rings is 1. The Morgan fingerprint density at radius 2 is 2.00 bits per heavy atom. The van der Waals surface area contributed by atoms with E-state index in [1.165, 1.54) is 6.20 Å². The smallest absolute Gasteiger partial charge is 0.267 e. The molecule has 0 aliphatic heterocycles. The van der Waals surface area contributed by atoms with Gasteiger partial charge in [0.15, 0.2) is 0 Å². The normalized spacial score (nSPS) is 10.7. The van der Waals surface area contributed by atoms with E-state index in [-0.39, 0.29) is 5.57 Å². The second kappa shape index (κ2) is 11.1. The van der Waals surface area contributed by atoms with Crippen molar-refractivity contribution in [1.82, 2.24) is 5.32 Å². The molecule has 124 valence electrons. The van der Waals surface area contributed by atoms with E-state index in [2.05, 4.69) is 10.6 Å². The van der Waals surface area contributed by atoms with Gasteiger partial charge in [0.25, 0.3) is 5.91 Å². The van der Waals surface area contributed by atoms with Crippen molar-refractivity contribution >= 4 is 11.6 Å². The van der Waals surface area contributed by atoms with Gasteiger partial charge in [0.2, 0.25) is 0 Å². The molecule has 1 amide bonds. The molecule has 1 aromatic carbocycles. The summed E-state index contributed by atoms with van der Waals surface area (Å²) in [5, 5.41) is 14.7. The highest BCUT2D eigenvalue weighted by molar-refractivity contribution is 6.06. The van der Waals surface area contributed by atoms with Crippen LogP contribution in [0.1, 0.15) is 20.3 Å². The van der Waals surface area contributed by atoms with E-state index in [1.54, 1.807) is 24.3 Å². The Kier molecular flexibility index (Phi) is 8.94. The lowest BCUT2D eigenvalue weighted by molar-refractivity contribution is -0.112. The van der Waals surface area contributed by atoms with Crippen molar-refractivity contribution in [1.29, 1.82) is 5.26 Å². The maximum absolute atomic E-state index is 12.0. The van der Waals surface area contributed by atoms with Gasteiger partial charge in [-0.2, -0.15) is 5.26 Å². The molecule has 0 spiro atoms. The van der Waals surface area contributed by atoms with Crippen molar-refractivity contribution in [3.8, 4) is 11.8 Å². The molecule has 0 heterocycles. The molecule has 6 nitrogen and oxygen atoms in total. The van der Waals surface area contributed by atoms with Crippen LogP contribution in [0.25, 0.3) is 0 Å². The summed E-state index contributed by atoms with van der Waals surface area (Å²) in [7, 11) is 0. The zero-order valence-corrected chi connectivity index (χ0v) is 13.6. The van der Waals surface area contributed by atoms with Crippen molar-refractivity contribution < 1.29 is 14.3 Å². The molecule has 0 unspecified atom stereocenters. The molecule has 0 saturated heterocycles. The monoisotopic (exact) mass is 317 g/mol. The fourth-order valence-electron chi connectivity index (χ4n) is 1.74. The summed E-state index contributed by atoms with van der Waals surface area (Å²) in [4.78, 5) is 12.0. The van der Waals surface area contributed by atoms with E-state index in [0.717, 1.165) is 12.2 Å². The van der Waals surface area contributed by atoms with Gasteiger partial charge in [-0.3, -0.25) is 4.79 Å². The van der Waals surface area contributed by atoms with Crippen LogP contribution in [-0.4, -0.2) is 32.3 Å². The number of anilines is 1. The van der Waals surface area contributed by atoms with Gasteiger partial charge >= 0.3 is 0 Å². The number of hydrogen-bond acceptors (Lipinski definition) is 5. The molecule has 0 fully saturated rings.